The van der Waals surface area contributed by atoms with Crippen LogP contribution in [-0.4, -0.2) is 45.5 Å². The molecule has 0 aromatic heterocycles. The molecular weight excluding hydrogens is 414 g/mol. The third-order valence-electron chi connectivity index (χ3n) is 6.10. The topological polar surface area (TPSA) is 72.9 Å². The van der Waals surface area contributed by atoms with E-state index in [2.05, 4.69) is 5.32 Å². The number of carbonyl (C=O) groups is 2. The van der Waals surface area contributed by atoms with Crippen LogP contribution in [0.3, 0.4) is 0 Å². The zero-order valence-electron chi connectivity index (χ0n) is 18.7. The van der Waals surface area contributed by atoms with E-state index in [-0.39, 0.29) is 24.6 Å². The molecule has 0 radical (unpaired) electrons. The largest absolute Gasteiger partial charge is 0.394 e. The molecule has 6 heteroatoms. The highest BCUT2D eigenvalue weighted by Gasteiger charge is 2.49. The van der Waals surface area contributed by atoms with Crippen molar-refractivity contribution in [3.05, 3.63) is 108 Å². The number of aliphatic hydroxyl groups excluding tert-OH is 1. The highest BCUT2D eigenvalue weighted by Crippen LogP contribution is 2.28. The molecule has 3 atom stereocenters. The molecule has 3 amide bonds. The van der Waals surface area contributed by atoms with Crippen molar-refractivity contribution in [1.82, 2.24) is 15.1 Å². The fraction of sp³-hybridized carbons (Fsp3) is 0.259. The summed E-state index contributed by atoms with van der Waals surface area (Å²) in [7, 11) is 0. The van der Waals surface area contributed by atoms with Gasteiger partial charge in [0.1, 0.15) is 6.04 Å². The van der Waals surface area contributed by atoms with Crippen molar-refractivity contribution in [1.29, 1.82) is 0 Å². The second kappa shape index (κ2) is 10.3. The summed E-state index contributed by atoms with van der Waals surface area (Å²) in [5.74, 6) is -0.273. The van der Waals surface area contributed by atoms with Crippen LogP contribution in [-0.2, 0) is 17.9 Å². The standard InChI is InChI=1S/C27H29N3O3/c1-20(23-15-9-4-10-16-23)28-26(32)25-24(19-31)29(17-21-11-5-2-6-12-21)27(33)30(25)18-22-13-7-3-8-14-22/h2-16,20,24-25,31H,17-19H2,1H3,(H,28,32). The van der Waals surface area contributed by atoms with Crippen LogP contribution in [0.4, 0.5) is 4.79 Å². The number of benzene rings is 3. The van der Waals surface area contributed by atoms with Crippen LogP contribution in [0.1, 0.15) is 29.7 Å². The Morgan fingerprint density at radius 2 is 1.33 bits per heavy atom. The Labute approximate surface area is 194 Å². The second-order valence-electron chi connectivity index (χ2n) is 8.35. The summed E-state index contributed by atoms with van der Waals surface area (Å²) in [6.45, 7) is 2.23. The lowest BCUT2D eigenvalue weighted by molar-refractivity contribution is -0.127. The number of nitrogens with zero attached hydrogens (tertiary/aromatic N) is 2. The average molecular weight is 444 g/mol. The number of nitrogens with one attached hydrogen (secondary N) is 1. The van der Waals surface area contributed by atoms with Gasteiger partial charge in [0.15, 0.2) is 0 Å². The Hall–Kier alpha value is -3.64. The van der Waals surface area contributed by atoms with Crippen LogP contribution in [0.15, 0.2) is 91.0 Å². The van der Waals surface area contributed by atoms with E-state index in [0.29, 0.717) is 13.1 Å². The van der Waals surface area contributed by atoms with E-state index in [9.17, 15) is 14.7 Å². The SMILES string of the molecule is CC(NC(=O)C1C(CO)N(Cc2ccccc2)C(=O)N1Cc1ccccc1)c1ccccc1. The molecule has 0 aliphatic carbocycles. The number of carbonyl (C=O) groups excluding carboxylic acids is 2. The van der Waals surface area contributed by atoms with Crippen molar-refractivity contribution in [2.24, 2.45) is 0 Å². The Balaban J connectivity index is 1.62. The van der Waals surface area contributed by atoms with Crippen LogP contribution >= 0.6 is 0 Å². The van der Waals surface area contributed by atoms with Crippen molar-refractivity contribution in [2.75, 3.05) is 6.61 Å². The maximum absolute atomic E-state index is 13.5. The highest BCUT2D eigenvalue weighted by atomic mass is 16.3. The van der Waals surface area contributed by atoms with Crippen molar-refractivity contribution in [3.8, 4) is 0 Å². The molecule has 3 aromatic rings. The molecule has 1 aliphatic heterocycles. The first kappa shape index (κ1) is 22.6. The summed E-state index contributed by atoms with van der Waals surface area (Å²) < 4.78 is 0. The summed E-state index contributed by atoms with van der Waals surface area (Å²) in [6, 6.07) is 27.0. The van der Waals surface area contributed by atoms with Crippen LogP contribution in [0.25, 0.3) is 0 Å². The molecule has 4 rings (SSSR count). The molecule has 0 saturated carbocycles. The van der Waals surface area contributed by atoms with E-state index in [1.165, 1.54) is 0 Å². The van der Waals surface area contributed by atoms with Crippen molar-refractivity contribution < 1.29 is 14.7 Å². The zero-order chi connectivity index (χ0) is 23.2. The lowest BCUT2D eigenvalue weighted by Gasteiger charge is -2.27. The lowest BCUT2D eigenvalue weighted by atomic mass is 10.0. The Kier molecular flexibility index (Phi) is 7.05. The Morgan fingerprint density at radius 1 is 0.848 bits per heavy atom. The van der Waals surface area contributed by atoms with E-state index >= 15 is 0 Å². The van der Waals surface area contributed by atoms with Gasteiger partial charge in [-0.1, -0.05) is 91.0 Å². The van der Waals surface area contributed by atoms with Crippen molar-refractivity contribution >= 4 is 11.9 Å². The van der Waals surface area contributed by atoms with E-state index in [1.807, 2.05) is 97.9 Å². The number of aliphatic hydroxyl groups is 1. The van der Waals surface area contributed by atoms with Gasteiger partial charge in [-0.3, -0.25) is 4.79 Å². The molecule has 6 nitrogen and oxygen atoms in total. The minimum absolute atomic E-state index is 0.227. The number of rotatable bonds is 8. The molecule has 33 heavy (non-hydrogen) atoms. The maximum atomic E-state index is 13.5. The first-order chi connectivity index (χ1) is 16.1. The molecule has 0 bridgehead atoms. The molecule has 1 heterocycles. The molecule has 3 unspecified atom stereocenters. The summed E-state index contributed by atoms with van der Waals surface area (Å²) in [6.07, 6.45) is 0. The third kappa shape index (κ3) is 5.07. The molecule has 1 aliphatic rings. The normalized spacial score (nSPS) is 18.9. The van der Waals surface area contributed by atoms with Gasteiger partial charge in [0.25, 0.3) is 0 Å². The summed E-state index contributed by atoms with van der Waals surface area (Å²) >= 11 is 0. The van der Waals surface area contributed by atoms with Gasteiger partial charge in [0, 0.05) is 13.1 Å². The maximum Gasteiger partial charge on any atom is 0.321 e. The van der Waals surface area contributed by atoms with E-state index < -0.39 is 12.1 Å². The smallest absolute Gasteiger partial charge is 0.321 e. The second-order valence-corrected chi connectivity index (χ2v) is 8.35. The van der Waals surface area contributed by atoms with Gasteiger partial charge in [-0.15, -0.1) is 0 Å². The predicted molar refractivity (Wildman–Crippen MR) is 127 cm³/mol. The summed E-state index contributed by atoms with van der Waals surface area (Å²) in [5, 5.41) is 13.3. The summed E-state index contributed by atoms with van der Waals surface area (Å²) in [4.78, 5) is 30.2. The van der Waals surface area contributed by atoms with Gasteiger partial charge in [-0.05, 0) is 23.6 Å². The average Bonchev–Trinajstić information content (AvgIpc) is 3.11. The van der Waals surface area contributed by atoms with E-state index in [0.717, 1.165) is 16.7 Å². The molecular formula is C27H29N3O3. The van der Waals surface area contributed by atoms with E-state index in [4.69, 9.17) is 0 Å². The Morgan fingerprint density at radius 3 is 1.85 bits per heavy atom. The molecule has 3 aromatic carbocycles. The van der Waals surface area contributed by atoms with Crippen LogP contribution < -0.4 is 5.32 Å². The molecule has 0 spiro atoms. The fourth-order valence-corrected chi connectivity index (χ4v) is 4.35. The summed E-state index contributed by atoms with van der Waals surface area (Å²) in [5.41, 5.74) is 2.85. The Bertz CT molecular complexity index is 1060. The van der Waals surface area contributed by atoms with Crippen LogP contribution in [0.5, 0.6) is 0 Å². The van der Waals surface area contributed by atoms with Gasteiger partial charge in [0.2, 0.25) is 5.91 Å². The zero-order valence-corrected chi connectivity index (χ0v) is 18.7. The van der Waals surface area contributed by atoms with Gasteiger partial charge in [0.05, 0.1) is 18.7 Å². The fourth-order valence-electron chi connectivity index (χ4n) is 4.35. The van der Waals surface area contributed by atoms with Gasteiger partial charge < -0.3 is 20.2 Å². The molecule has 2 N–H and O–H groups in total. The van der Waals surface area contributed by atoms with Gasteiger partial charge in [-0.25, -0.2) is 4.79 Å². The number of hydrogen-bond donors (Lipinski definition) is 2. The minimum atomic E-state index is -0.808. The first-order valence-corrected chi connectivity index (χ1v) is 11.2. The molecule has 1 fully saturated rings. The number of urea groups is 1. The number of amides is 3. The van der Waals surface area contributed by atoms with E-state index in [1.54, 1.807) is 9.80 Å². The monoisotopic (exact) mass is 443 g/mol. The van der Waals surface area contributed by atoms with Crippen molar-refractivity contribution in [3.63, 3.8) is 0 Å². The minimum Gasteiger partial charge on any atom is -0.394 e. The lowest BCUT2D eigenvalue weighted by Crippen LogP contribution is -2.50. The van der Waals surface area contributed by atoms with Crippen LogP contribution in [0, 0.1) is 0 Å². The van der Waals surface area contributed by atoms with Gasteiger partial charge in [-0.2, -0.15) is 0 Å². The van der Waals surface area contributed by atoms with Crippen LogP contribution in [0.2, 0.25) is 0 Å². The molecule has 1 saturated heterocycles. The van der Waals surface area contributed by atoms with Gasteiger partial charge >= 0.3 is 6.03 Å². The highest BCUT2D eigenvalue weighted by molar-refractivity contribution is 5.91. The molecule has 170 valence electrons. The predicted octanol–water partition coefficient (Wildman–Crippen LogP) is 3.73. The third-order valence-corrected chi connectivity index (χ3v) is 6.10. The van der Waals surface area contributed by atoms with Crippen molar-refractivity contribution in [2.45, 2.75) is 38.1 Å². The quantitative estimate of drug-likeness (QED) is 0.557. The number of hydrogen-bond acceptors (Lipinski definition) is 3. The first-order valence-electron chi connectivity index (χ1n) is 11.2.